The van der Waals surface area contributed by atoms with Crippen LogP contribution in [-0.4, -0.2) is 55.8 Å². The Morgan fingerprint density at radius 1 is 1.24 bits per heavy atom. The average Bonchev–Trinajstić information content (AvgIpc) is 2.91. The van der Waals surface area contributed by atoms with Crippen molar-refractivity contribution in [2.24, 2.45) is 0 Å². The van der Waals surface area contributed by atoms with Crippen LogP contribution < -0.4 is 5.32 Å². The Labute approximate surface area is 154 Å². The first kappa shape index (κ1) is 18.2. The Kier molecular flexibility index (Phi) is 5.04. The van der Waals surface area contributed by atoms with Crippen LogP contribution in [0, 0.1) is 0 Å². The number of rotatable bonds is 3. The van der Waals surface area contributed by atoms with Crippen LogP contribution in [0.2, 0.25) is 5.02 Å². The van der Waals surface area contributed by atoms with Gasteiger partial charge >= 0.3 is 0 Å². The zero-order chi connectivity index (χ0) is 18.2. The Morgan fingerprint density at radius 2 is 1.88 bits per heavy atom. The maximum atomic E-state index is 12.5. The highest BCUT2D eigenvalue weighted by Crippen LogP contribution is 2.35. The Morgan fingerprint density at radius 3 is 2.52 bits per heavy atom. The number of thiophene rings is 1. The van der Waals surface area contributed by atoms with Crippen molar-refractivity contribution in [2.75, 3.05) is 24.6 Å². The highest BCUT2D eigenvalue weighted by molar-refractivity contribution is 7.91. The maximum Gasteiger partial charge on any atom is 0.263 e. The third-order valence-electron chi connectivity index (χ3n) is 4.12. The monoisotopic (exact) mass is 400 g/mol. The van der Waals surface area contributed by atoms with Crippen LogP contribution in [0.4, 0.5) is 0 Å². The molecule has 2 amide bonds. The Balaban J connectivity index is 1.69. The molecule has 1 atom stereocenters. The lowest BCUT2D eigenvalue weighted by molar-refractivity contribution is -0.132. The summed E-state index contributed by atoms with van der Waals surface area (Å²) in [7, 11) is -3.06. The first-order valence-electron chi connectivity index (χ1n) is 7.75. The van der Waals surface area contributed by atoms with Gasteiger partial charge in [-0.25, -0.2) is 8.42 Å². The van der Waals surface area contributed by atoms with E-state index in [0.29, 0.717) is 9.90 Å². The van der Waals surface area contributed by atoms with Gasteiger partial charge in [0.05, 0.1) is 16.5 Å². The number of carbonyl (C=O) groups is 2. The number of nitrogens with zero attached hydrogens (tertiary/aromatic N) is 1. The number of carbonyl (C=O) groups excluding carboxylic acids is 2. The van der Waals surface area contributed by atoms with Gasteiger partial charge in [-0.3, -0.25) is 9.59 Å². The van der Waals surface area contributed by atoms with E-state index in [1.165, 1.54) is 16.2 Å². The number of fused-ring (bicyclic) bond motifs is 1. The normalized spacial score (nSPS) is 18.1. The first-order valence-corrected chi connectivity index (χ1v) is 10.8. The molecule has 1 aliphatic rings. The number of halogens is 1. The van der Waals surface area contributed by atoms with E-state index in [1.54, 1.807) is 6.92 Å². The standard InChI is InChI=1S/C16H17ClN2O4S2/c1-10(16(21)19-6-8-25(22,23)9-7-19)18-15(20)14-13(17)11-4-2-3-5-12(11)24-14/h2-5,10H,6-9H2,1H3,(H,18,20). The summed E-state index contributed by atoms with van der Waals surface area (Å²) >= 11 is 7.56. The summed E-state index contributed by atoms with van der Waals surface area (Å²) in [5, 5.41) is 3.84. The van der Waals surface area contributed by atoms with Crippen LogP contribution in [0.25, 0.3) is 10.1 Å². The van der Waals surface area contributed by atoms with Gasteiger partial charge in [-0.15, -0.1) is 11.3 Å². The van der Waals surface area contributed by atoms with Crippen molar-refractivity contribution in [1.82, 2.24) is 10.2 Å². The average molecular weight is 401 g/mol. The van der Waals surface area contributed by atoms with Crippen molar-refractivity contribution in [1.29, 1.82) is 0 Å². The quantitative estimate of drug-likeness (QED) is 0.853. The molecule has 1 saturated heterocycles. The van der Waals surface area contributed by atoms with E-state index in [9.17, 15) is 18.0 Å². The molecule has 1 N–H and O–H groups in total. The van der Waals surface area contributed by atoms with Crippen LogP contribution >= 0.6 is 22.9 Å². The molecule has 6 nitrogen and oxygen atoms in total. The van der Waals surface area contributed by atoms with E-state index in [0.717, 1.165) is 10.1 Å². The predicted molar refractivity (Wildman–Crippen MR) is 99.0 cm³/mol. The molecule has 1 unspecified atom stereocenters. The molecule has 1 aromatic carbocycles. The molecule has 134 valence electrons. The highest BCUT2D eigenvalue weighted by atomic mass is 35.5. The van der Waals surface area contributed by atoms with Gasteiger partial charge in [0, 0.05) is 23.2 Å². The molecule has 0 saturated carbocycles. The molecule has 1 fully saturated rings. The fourth-order valence-electron chi connectivity index (χ4n) is 2.69. The highest BCUT2D eigenvalue weighted by Gasteiger charge is 2.29. The minimum absolute atomic E-state index is 0.0401. The predicted octanol–water partition coefficient (Wildman–Crippen LogP) is 1.93. The molecule has 0 bridgehead atoms. The molecular formula is C16H17ClN2O4S2. The number of hydrogen-bond donors (Lipinski definition) is 1. The van der Waals surface area contributed by atoms with Crippen molar-refractivity contribution in [3.8, 4) is 0 Å². The summed E-state index contributed by atoms with van der Waals surface area (Å²) in [6.07, 6.45) is 0. The molecule has 0 radical (unpaired) electrons. The third-order valence-corrected chi connectivity index (χ3v) is 7.40. The zero-order valence-electron chi connectivity index (χ0n) is 13.5. The molecule has 2 heterocycles. The van der Waals surface area contributed by atoms with Crippen LogP contribution in [0.15, 0.2) is 24.3 Å². The summed E-state index contributed by atoms with van der Waals surface area (Å²) in [6.45, 7) is 1.90. The molecule has 25 heavy (non-hydrogen) atoms. The molecular weight excluding hydrogens is 384 g/mol. The maximum absolute atomic E-state index is 12.5. The molecule has 1 aliphatic heterocycles. The number of sulfone groups is 1. The van der Waals surface area contributed by atoms with E-state index in [-0.39, 0.29) is 30.5 Å². The number of amides is 2. The van der Waals surface area contributed by atoms with Gasteiger partial charge in [-0.2, -0.15) is 0 Å². The lowest BCUT2D eigenvalue weighted by atomic mass is 10.2. The number of hydrogen-bond acceptors (Lipinski definition) is 5. The summed E-state index contributed by atoms with van der Waals surface area (Å²) in [5.74, 6) is -0.777. The van der Waals surface area contributed by atoms with Gasteiger partial charge < -0.3 is 10.2 Å². The largest absolute Gasteiger partial charge is 0.340 e. The Bertz CT molecular complexity index is 925. The smallest absolute Gasteiger partial charge is 0.263 e. The van der Waals surface area contributed by atoms with Crippen LogP contribution in [0.3, 0.4) is 0 Å². The SMILES string of the molecule is CC(NC(=O)c1sc2ccccc2c1Cl)C(=O)N1CCS(=O)(=O)CC1. The molecule has 2 aromatic rings. The van der Waals surface area contributed by atoms with Crippen molar-refractivity contribution >= 4 is 54.7 Å². The van der Waals surface area contributed by atoms with E-state index in [4.69, 9.17) is 11.6 Å². The van der Waals surface area contributed by atoms with E-state index < -0.39 is 21.8 Å². The van der Waals surface area contributed by atoms with Crippen LogP contribution in [0.5, 0.6) is 0 Å². The van der Waals surface area contributed by atoms with Gasteiger partial charge in [-0.1, -0.05) is 29.8 Å². The fourth-order valence-corrected chi connectivity index (χ4v) is 5.31. The minimum atomic E-state index is -3.06. The second-order valence-corrected chi connectivity index (χ2v) is 9.65. The van der Waals surface area contributed by atoms with Gasteiger partial charge in [0.1, 0.15) is 10.9 Å². The second kappa shape index (κ2) is 6.93. The van der Waals surface area contributed by atoms with E-state index >= 15 is 0 Å². The summed E-state index contributed by atoms with van der Waals surface area (Å²) in [5.41, 5.74) is 0. The van der Waals surface area contributed by atoms with Crippen LogP contribution in [0.1, 0.15) is 16.6 Å². The van der Waals surface area contributed by atoms with Crippen molar-refractivity contribution < 1.29 is 18.0 Å². The third kappa shape index (κ3) is 3.80. The van der Waals surface area contributed by atoms with Gasteiger partial charge in [0.15, 0.2) is 9.84 Å². The second-order valence-electron chi connectivity index (χ2n) is 5.91. The number of benzene rings is 1. The lowest BCUT2D eigenvalue weighted by Gasteiger charge is -2.29. The van der Waals surface area contributed by atoms with Gasteiger partial charge in [-0.05, 0) is 13.0 Å². The summed E-state index contributed by atoms with van der Waals surface area (Å²) < 4.78 is 23.8. The lowest BCUT2D eigenvalue weighted by Crippen LogP contribution is -2.51. The van der Waals surface area contributed by atoms with Crippen LogP contribution in [-0.2, 0) is 14.6 Å². The van der Waals surface area contributed by atoms with E-state index in [2.05, 4.69) is 5.32 Å². The van der Waals surface area contributed by atoms with E-state index in [1.807, 2.05) is 24.3 Å². The van der Waals surface area contributed by atoms with Crippen molar-refractivity contribution in [2.45, 2.75) is 13.0 Å². The summed E-state index contributed by atoms with van der Waals surface area (Å²) in [6, 6.07) is 6.68. The zero-order valence-corrected chi connectivity index (χ0v) is 15.9. The van der Waals surface area contributed by atoms with Gasteiger partial charge in [0.2, 0.25) is 5.91 Å². The summed E-state index contributed by atoms with van der Waals surface area (Å²) in [4.78, 5) is 26.7. The molecule has 1 aromatic heterocycles. The van der Waals surface area contributed by atoms with Crippen molar-refractivity contribution in [3.05, 3.63) is 34.2 Å². The molecule has 3 rings (SSSR count). The Hall–Kier alpha value is -1.64. The van der Waals surface area contributed by atoms with Crippen molar-refractivity contribution in [3.63, 3.8) is 0 Å². The minimum Gasteiger partial charge on any atom is -0.340 e. The molecule has 9 heteroatoms. The number of nitrogens with one attached hydrogen (secondary N) is 1. The first-order chi connectivity index (χ1) is 11.8. The van der Waals surface area contributed by atoms with Gasteiger partial charge in [0.25, 0.3) is 5.91 Å². The fraction of sp³-hybridized carbons (Fsp3) is 0.375. The topological polar surface area (TPSA) is 83.6 Å². The molecule has 0 spiro atoms. The molecule has 0 aliphatic carbocycles.